The molecular formula is C15H22N2O. The molecule has 1 saturated heterocycles. The number of hydrogen-bond acceptors (Lipinski definition) is 2. The number of rotatable bonds is 5. The van der Waals surface area contributed by atoms with Gasteiger partial charge in [0.05, 0.1) is 0 Å². The van der Waals surface area contributed by atoms with Gasteiger partial charge in [-0.15, -0.1) is 0 Å². The van der Waals surface area contributed by atoms with E-state index in [0.717, 1.165) is 44.5 Å². The molecule has 2 N–H and O–H groups in total. The summed E-state index contributed by atoms with van der Waals surface area (Å²) < 4.78 is 0. The standard InChI is InChI=1S/C15H22N2O/c1-2-3-12-4-6-14(7-5-12)15(18)17-11-13-8-9-16-10-13/h4-7,13,16H,2-3,8-11H2,1H3,(H,17,18). The van der Waals surface area contributed by atoms with Crippen molar-refractivity contribution in [1.82, 2.24) is 10.6 Å². The van der Waals surface area contributed by atoms with Gasteiger partial charge in [-0.1, -0.05) is 25.5 Å². The zero-order valence-corrected chi connectivity index (χ0v) is 11.0. The smallest absolute Gasteiger partial charge is 0.251 e. The normalized spacial score (nSPS) is 18.8. The molecule has 0 radical (unpaired) electrons. The summed E-state index contributed by atoms with van der Waals surface area (Å²) in [5.74, 6) is 0.637. The molecule has 1 aliphatic rings. The average molecular weight is 246 g/mol. The summed E-state index contributed by atoms with van der Waals surface area (Å²) in [5, 5.41) is 6.32. The summed E-state index contributed by atoms with van der Waals surface area (Å²) in [6.45, 7) is 5.04. The van der Waals surface area contributed by atoms with Crippen LogP contribution in [0, 0.1) is 5.92 Å². The Labute approximate surface area is 109 Å². The number of amides is 1. The molecule has 1 aliphatic heterocycles. The van der Waals surface area contributed by atoms with E-state index in [1.807, 2.05) is 12.1 Å². The van der Waals surface area contributed by atoms with Crippen LogP contribution >= 0.6 is 0 Å². The second-order valence-corrected chi connectivity index (χ2v) is 5.02. The van der Waals surface area contributed by atoms with Crippen molar-refractivity contribution >= 4 is 5.91 Å². The van der Waals surface area contributed by atoms with Crippen molar-refractivity contribution in [3.8, 4) is 0 Å². The fourth-order valence-electron chi connectivity index (χ4n) is 2.34. The molecule has 2 rings (SSSR count). The highest BCUT2D eigenvalue weighted by Crippen LogP contribution is 2.08. The Morgan fingerprint density at radius 3 is 2.78 bits per heavy atom. The van der Waals surface area contributed by atoms with Crippen LogP contribution in [-0.4, -0.2) is 25.5 Å². The van der Waals surface area contributed by atoms with Crippen molar-refractivity contribution in [3.63, 3.8) is 0 Å². The fraction of sp³-hybridized carbons (Fsp3) is 0.533. The molecule has 18 heavy (non-hydrogen) atoms. The third kappa shape index (κ3) is 3.57. The SMILES string of the molecule is CCCc1ccc(C(=O)NCC2CCNC2)cc1. The molecule has 0 aliphatic carbocycles. The van der Waals surface area contributed by atoms with Crippen LogP contribution in [0.3, 0.4) is 0 Å². The number of carbonyl (C=O) groups excluding carboxylic acids is 1. The van der Waals surface area contributed by atoms with Crippen LogP contribution in [0.25, 0.3) is 0 Å². The van der Waals surface area contributed by atoms with Crippen molar-refractivity contribution in [2.45, 2.75) is 26.2 Å². The maximum atomic E-state index is 11.9. The lowest BCUT2D eigenvalue weighted by Crippen LogP contribution is -2.30. The van der Waals surface area contributed by atoms with Gasteiger partial charge in [-0.3, -0.25) is 4.79 Å². The maximum Gasteiger partial charge on any atom is 0.251 e. The predicted octanol–water partition coefficient (Wildman–Crippen LogP) is 1.98. The van der Waals surface area contributed by atoms with Crippen molar-refractivity contribution < 1.29 is 4.79 Å². The Morgan fingerprint density at radius 2 is 2.17 bits per heavy atom. The third-order valence-electron chi connectivity index (χ3n) is 3.47. The van der Waals surface area contributed by atoms with Gasteiger partial charge < -0.3 is 10.6 Å². The first-order chi connectivity index (χ1) is 8.79. The first-order valence-corrected chi connectivity index (χ1v) is 6.87. The summed E-state index contributed by atoms with van der Waals surface area (Å²) in [7, 11) is 0. The van der Waals surface area contributed by atoms with E-state index in [1.54, 1.807) is 0 Å². The lowest BCUT2D eigenvalue weighted by molar-refractivity contribution is 0.0948. The van der Waals surface area contributed by atoms with Crippen LogP contribution in [0.2, 0.25) is 0 Å². The Morgan fingerprint density at radius 1 is 1.39 bits per heavy atom. The quantitative estimate of drug-likeness (QED) is 0.834. The van der Waals surface area contributed by atoms with E-state index in [9.17, 15) is 4.79 Å². The van der Waals surface area contributed by atoms with Crippen molar-refractivity contribution in [1.29, 1.82) is 0 Å². The van der Waals surface area contributed by atoms with Gasteiger partial charge in [-0.25, -0.2) is 0 Å². The van der Waals surface area contributed by atoms with Gasteiger partial charge in [0.15, 0.2) is 0 Å². The van der Waals surface area contributed by atoms with Gasteiger partial charge in [0.1, 0.15) is 0 Å². The minimum Gasteiger partial charge on any atom is -0.352 e. The van der Waals surface area contributed by atoms with Gasteiger partial charge >= 0.3 is 0 Å². The molecule has 1 heterocycles. The number of aryl methyl sites for hydroxylation is 1. The molecule has 3 nitrogen and oxygen atoms in total. The lowest BCUT2D eigenvalue weighted by atomic mass is 10.1. The monoisotopic (exact) mass is 246 g/mol. The van der Waals surface area contributed by atoms with Crippen LogP contribution in [0.5, 0.6) is 0 Å². The third-order valence-corrected chi connectivity index (χ3v) is 3.47. The summed E-state index contributed by atoms with van der Waals surface area (Å²) in [6.07, 6.45) is 3.38. The van der Waals surface area contributed by atoms with E-state index in [1.165, 1.54) is 5.56 Å². The van der Waals surface area contributed by atoms with Crippen molar-refractivity contribution in [2.24, 2.45) is 5.92 Å². The Kier molecular flexibility index (Phi) is 4.76. The Hall–Kier alpha value is -1.35. The summed E-state index contributed by atoms with van der Waals surface area (Å²) in [5.41, 5.74) is 2.06. The molecule has 0 bridgehead atoms. The number of benzene rings is 1. The van der Waals surface area contributed by atoms with Gasteiger partial charge in [0.25, 0.3) is 5.91 Å². The second-order valence-electron chi connectivity index (χ2n) is 5.02. The van der Waals surface area contributed by atoms with Gasteiger partial charge in [0, 0.05) is 12.1 Å². The maximum absolute atomic E-state index is 11.9. The van der Waals surface area contributed by atoms with Gasteiger partial charge in [0.2, 0.25) is 0 Å². The number of carbonyl (C=O) groups is 1. The average Bonchev–Trinajstić information content (AvgIpc) is 2.90. The van der Waals surface area contributed by atoms with Crippen LogP contribution < -0.4 is 10.6 Å². The molecule has 0 saturated carbocycles. The molecule has 1 aromatic carbocycles. The van der Waals surface area contributed by atoms with E-state index in [2.05, 4.69) is 29.7 Å². The molecule has 1 fully saturated rings. The highest BCUT2D eigenvalue weighted by molar-refractivity contribution is 5.94. The molecule has 98 valence electrons. The Balaban J connectivity index is 1.83. The largest absolute Gasteiger partial charge is 0.352 e. The zero-order chi connectivity index (χ0) is 12.8. The van der Waals surface area contributed by atoms with Crippen LogP contribution in [0.4, 0.5) is 0 Å². The highest BCUT2D eigenvalue weighted by atomic mass is 16.1. The van der Waals surface area contributed by atoms with Crippen LogP contribution in [0.15, 0.2) is 24.3 Å². The van der Waals surface area contributed by atoms with Crippen molar-refractivity contribution in [3.05, 3.63) is 35.4 Å². The first kappa shape index (κ1) is 13.1. The molecule has 0 spiro atoms. The molecule has 1 amide bonds. The zero-order valence-electron chi connectivity index (χ0n) is 11.0. The van der Waals surface area contributed by atoms with E-state index >= 15 is 0 Å². The van der Waals surface area contributed by atoms with Gasteiger partial charge in [-0.05, 0) is 49.5 Å². The summed E-state index contributed by atoms with van der Waals surface area (Å²) in [4.78, 5) is 11.9. The number of hydrogen-bond donors (Lipinski definition) is 2. The second kappa shape index (κ2) is 6.55. The molecular weight excluding hydrogens is 224 g/mol. The minimum absolute atomic E-state index is 0.0462. The minimum atomic E-state index is 0.0462. The molecule has 1 unspecified atom stereocenters. The summed E-state index contributed by atoms with van der Waals surface area (Å²) >= 11 is 0. The van der Waals surface area contributed by atoms with E-state index in [-0.39, 0.29) is 5.91 Å². The van der Waals surface area contributed by atoms with E-state index in [4.69, 9.17) is 0 Å². The molecule has 1 atom stereocenters. The topological polar surface area (TPSA) is 41.1 Å². The molecule has 3 heteroatoms. The first-order valence-electron chi connectivity index (χ1n) is 6.87. The predicted molar refractivity (Wildman–Crippen MR) is 73.7 cm³/mol. The fourth-order valence-corrected chi connectivity index (χ4v) is 2.34. The number of nitrogens with one attached hydrogen (secondary N) is 2. The molecule has 0 aromatic heterocycles. The molecule has 1 aromatic rings. The van der Waals surface area contributed by atoms with Gasteiger partial charge in [-0.2, -0.15) is 0 Å². The van der Waals surface area contributed by atoms with Crippen LogP contribution in [-0.2, 0) is 6.42 Å². The summed E-state index contributed by atoms with van der Waals surface area (Å²) in [6, 6.07) is 7.95. The lowest BCUT2D eigenvalue weighted by Gasteiger charge is -2.10. The van der Waals surface area contributed by atoms with E-state index < -0.39 is 0 Å². The Bertz CT molecular complexity index is 380. The highest BCUT2D eigenvalue weighted by Gasteiger charge is 2.15. The van der Waals surface area contributed by atoms with Crippen LogP contribution in [0.1, 0.15) is 35.7 Å². The van der Waals surface area contributed by atoms with E-state index in [0.29, 0.717) is 5.92 Å². The van der Waals surface area contributed by atoms with Crippen molar-refractivity contribution in [2.75, 3.05) is 19.6 Å².